The van der Waals surface area contributed by atoms with Gasteiger partial charge < -0.3 is 15.3 Å². The second-order valence-corrected chi connectivity index (χ2v) is 14.4. The monoisotopic (exact) mass is 688 g/mol. The quantitative estimate of drug-likeness (QED) is 0.127. The second-order valence-electron chi connectivity index (χ2n) is 14.4. The molecule has 0 radical (unpaired) electrons. The van der Waals surface area contributed by atoms with E-state index in [2.05, 4.69) is 13.0 Å². The van der Waals surface area contributed by atoms with Crippen LogP contribution in [-0.2, 0) is 11.2 Å². The lowest BCUT2D eigenvalue weighted by atomic mass is 9.51. The number of aliphatic carboxylic acids is 1. The van der Waals surface area contributed by atoms with Gasteiger partial charge in [0.25, 0.3) is 0 Å². The van der Waals surface area contributed by atoms with E-state index in [1.54, 1.807) is 6.07 Å². The summed E-state index contributed by atoms with van der Waals surface area (Å²) < 4.78 is 118. The van der Waals surface area contributed by atoms with Crippen LogP contribution in [0.4, 0.5) is 39.5 Å². The van der Waals surface area contributed by atoms with E-state index in [1.807, 2.05) is 6.07 Å². The number of hydrogen-bond donors (Lipinski definition) is 3. The number of aryl methyl sites for hydroxylation is 1. The Balaban J connectivity index is 1.24. The Morgan fingerprint density at radius 2 is 1.53 bits per heavy atom. The molecule has 268 valence electrons. The van der Waals surface area contributed by atoms with E-state index in [1.165, 1.54) is 11.1 Å². The average molecular weight is 689 g/mol. The van der Waals surface area contributed by atoms with Crippen LogP contribution in [0.15, 0.2) is 18.2 Å². The summed E-state index contributed by atoms with van der Waals surface area (Å²) in [6.07, 6.45) is -1.01. The highest BCUT2D eigenvalue weighted by molar-refractivity contribution is 5.69. The molecule has 0 aliphatic heterocycles. The zero-order valence-corrected chi connectivity index (χ0v) is 26.5. The first-order valence-corrected chi connectivity index (χ1v) is 16.7. The van der Waals surface area contributed by atoms with Crippen molar-refractivity contribution in [2.45, 2.75) is 139 Å². The van der Waals surface area contributed by atoms with Gasteiger partial charge in [-0.2, -0.15) is 39.5 Å². The summed E-state index contributed by atoms with van der Waals surface area (Å²) in [7, 11) is 0. The molecule has 1 aromatic carbocycles. The minimum Gasteiger partial charge on any atom is -0.508 e. The number of aliphatic hydroxyl groups is 1. The third-order valence-electron chi connectivity index (χ3n) is 11.5. The third-order valence-corrected chi connectivity index (χ3v) is 11.5. The van der Waals surface area contributed by atoms with Gasteiger partial charge in [0.15, 0.2) is 0 Å². The van der Waals surface area contributed by atoms with Crippen molar-refractivity contribution in [3.63, 3.8) is 0 Å². The van der Waals surface area contributed by atoms with Gasteiger partial charge in [-0.3, -0.25) is 4.79 Å². The number of phenols is 1. The second kappa shape index (κ2) is 14.0. The Bertz CT molecular complexity index is 1240. The van der Waals surface area contributed by atoms with Gasteiger partial charge in [-0.05, 0) is 104 Å². The number of alkyl halides is 9. The number of hydrogen-bond acceptors (Lipinski definition) is 3. The lowest BCUT2D eigenvalue weighted by Gasteiger charge is -2.54. The maximum absolute atomic E-state index is 13.9. The van der Waals surface area contributed by atoms with E-state index in [0.29, 0.717) is 36.5 Å². The Kier molecular flexibility index (Phi) is 11.2. The molecule has 7 atom stereocenters. The summed E-state index contributed by atoms with van der Waals surface area (Å²) in [4.78, 5) is 11.5. The Morgan fingerprint density at radius 3 is 2.17 bits per heavy atom. The molecule has 2 unspecified atom stereocenters. The molecule has 0 amide bonds. The molecule has 2 fully saturated rings. The number of aromatic hydroxyl groups is 1. The molecule has 47 heavy (non-hydrogen) atoms. The number of unbranched alkanes of at least 4 members (excludes halogenated alkanes) is 5. The zero-order valence-electron chi connectivity index (χ0n) is 26.5. The molecule has 0 saturated heterocycles. The SMILES string of the molecule is C[C@]12CC(CCCCCCCCC(CCC(F)(F)C(F)(F)C(F)(F)C(F)(F)F)C(=O)O)[C@@H]3c4ccc(O)cc4CC[C@H]3[C@@H]1CC[C@@H]2O. The van der Waals surface area contributed by atoms with Crippen molar-refractivity contribution in [2.75, 3.05) is 0 Å². The van der Waals surface area contributed by atoms with Crippen molar-refractivity contribution in [2.24, 2.45) is 29.1 Å². The first kappa shape index (κ1) is 37.6. The summed E-state index contributed by atoms with van der Waals surface area (Å²) in [6.45, 7) is 2.22. The smallest absolute Gasteiger partial charge is 0.460 e. The minimum absolute atomic E-state index is 0.125. The molecule has 0 spiro atoms. The van der Waals surface area contributed by atoms with Gasteiger partial charge >= 0.3 is 29.9 Å². The molecule has 1 aromatic rings. The fraction of sp³-hybridized carbons (Fsp3) is 0.794. The number of carbonyl (C=O) groups is 1. The molecule has 0 aromatic heterocycles. The third kappa shape index (κ3) is 7.39. The van der Waals surface area contributed by atoms with Gasteiger partial charge in [-0.15, -0.1) is 0 Å². The van der Waals surface area contributed by atoms with E-state index >= 15 is 0 Å². The Morgan fingerprint density at radius 1 is 0.894 bits per heavy atom. The minimum atomic E-state index is -6.98. The van der Waals surface area contributed by atoms with Crippen molar-refractivity contribution in [3.8, 4) is 5.75 Å². The topological polar surface area (TPSA) is 77.8 Å². The molecule has 0 bridgehead atoms. The number of rotatable bonds is 15. The largest absolute Gasteiger partial charge is 0.508 e. The van der Waals surface area contributed by atoms with Gasteiger partial charge in [-0.1, -0.05) is 51.5 Å². The molecule has 3 aliphatic carbocycles. The number of phenolic OH excluding ortho intramolecular Hbond substituents is 1. The number of halogens is 9. The standard InChI is InChI=1S/C34H45F9O4/c1-30-19-22(28-24-13-11-23(44)18-21(24)10-12-25(28)26(30)14-15-27(30)45)9-7-5-3-2-4-6-8-20(29(46)47)16-17-31(35,36)32(37,38)33(39,40)34(41,42)43/h11,13,18,20,22,25-28,44-45H,2-10,12,14-17,19H2,1H3,(H,46,47)/t20?,22?,25-,26-,27-,28+,30-/m0/s1. The molecular weight excluding hydrogens is 643 g/mol. The average Bonchev–Trinajstić information content (AvgIpc) is 3.27. The Labute approximate surface area is 269 Å². The van der Waals surface area contributed by atoms with E-state index in [4.69, 9.17) is 0 Å². The van der Waals surface area contributed by atoms with Crippen molar-refractivity contribution in [3.05, 3.63) is 29.3 Å². The molecule has 3 aliphatic rings. The fourth-order valence-corrected chi connectivity index (χ4v) is 8.95. The van der Waals surface area contributed by atoms with Crippen LogP contribution in [0.1, 0.15) is 114 Å². The molecule has 3 N–H and O–H groups in total. The van der Waals surface area contributed by atoms with Gasteiger partial charge in [0.2, 0.25) is 0 Å². The first-order chi connectivity index (χ1) is 21.7. The molecule has 4 nitrogen and oxygen atoms in total. The maximum atomic E-state index is 13.9. The summed E-state index contributed by atoms with van der Waals surface area (Å²) in [5.74, 6) is -20.8. The van der Waals surface area contributed by atoms with Crippen molar-refractivity contribution in [1.82, 2.24) is 0 Å². The highest BCUT2D eigenvalue weighted by atomic mass is 19.4. The number of aliphatic hydroxyl groups excluding tert-OH is 1. The van der Waals surface area contributed by atoms with Crippen molar-refractivity contribution < 1.29 is 59.6 Å². The summed E-state index contributed by atoms with van der Waals surface area (Å²) in [6, 6.07) is 5.66. The van der Waals surface area contributed by atoms with Crippen LogP contribution < -0.4 is 0 Å². The summed E-state index contributed by atoms with van der Waals surface area (Å²) in [5, 5.41) is 30.3. The summed E-state index contributed by atoms with van der Waals surface area (Å²) >= 11 is 0. The molecule has 2 saturated carbocycles. The number of carboxylic acid groups (broad SMARTS) is 1. The van der Waals surface area contributed by atoms with Gasteiger partial charge in [0.1, 0.15) is 5.75 Å². The lowest BCUT2D eigenvalue weighted by molar-refractivity contribution is -0.396. The molecule has 13 heteroatoms. The van der Waals surface area contributed by atoms with Crippen LogP contribution in [0.3, 0.4) is 0 Å². The van der Waals surface area contributed by atoms with E-state index in [9.17, 15) is 59.6 Å². The first-order valence-electron chi connectivity index (χ1n) is 16.7. The predicted molar refractivity (Wildman–Crippen MR) is 156 cm³/mol. The van der Waals surface area contributed by atoms with E-state index < -0.39 is 48.7 Å². The van der Waals surface area contributed by atoms with Crippen molar-refractivity contribution in [1.29, 1.82) is 0 Å². The van der Waals surface area contributed by atoms with Crippen LogP contribution in [0.5, 0.6) is 5.75 Å². The van der Waals surface area contributed by atoms with Crippen LogP contribution in [0, 0.1) is 29.1 Å². The van der Waals surface area contributed by atoms with Crippen molar-refractivity contribution >= 4 is 5.97 Å². The number of benzene rings is 1. The lowest BCUT2D eigenvalue weighted by Crippen LogP contribution is -2.60. The number of carboxylic acids is 1. The van der Waals surface area contributed by atoms with Crippen LogP contribution in [0.2, 0.25) is 0 Å². The molecular formula is C34H45F9O4. The molecule has 0 heterocycles. The van der Waals surface area contributed by atoms with Gasteiger partial charge in [0.05, 0.1) is 12.0 Å². The maximum Gasteiger partial charge on any atom is 0.460 e. The van der Waals surface area contributed by atoms with E-state index in [0.717, 1.165) is 57.8 Å². The summed E-state index contributed by atoms with van der Waals surface area (Å²) in [5.41, 5.74) is 2.37. The van der Waals surface area contributed by atoms with Crippen LogP contribution >= 0.6 is 0 Å². The van der Waals surface area contributed by atoms with Gasteiger partial charge in [-0.25, -0.2) is 0 Å². The Hall–Kier alpha value is -2.18. The van der Waals surface area contributed by atoms with Crippen LogP contribution in [-0.4, -0.2) is 51.3 Å². The predicted octanol–water partition coefficient (Wildman–Crippen LogP) is 9.91. The highest BCUT2D eigenvalue weighted by Gasteiger charge is 2.81. The van der Waals surface area contributed by atoms with Gasteiger partial charge in [0, 0.05) is 6.42 Å². The highest BCUT2D eigenvalue weighted by Crippen LogP contribution is 2.63. The fourth-order valence-electron chi connectivity index (χ4n) is 8.95. The molecule has 4 rings (SSSR count). The van der Waals surface area contributed by atoms with E-state index in [-0.39, 0.29) is 30.1 Å². The zero-order chi connectivity index (χ0) is 35.0. The number of fused-ring (bicyclic) bond motifs is 5. The van der Waals surface area contributed by atoms with Crippen LogP contribution in [0.25, 0.3) is 0 Å². The normalized spacial score (nSPS) is 28.8.